The van der Waals surface area contributed by atoms with E-state index < -0.39 is 36.4 Å². The first-order chi connectivity index (χ1) is 10.8. The Labute approximate surface area is 135 Å². The van der Waals surface area contributed by atoms with Crippen LogP contribution in [-0.2, 0) is 23.9 Å². The average molecular weight is 330 g/mol. The summed E-state index contributed by atoms with van der Waals surface area (Å²) in [5.74, 6) is -2.56. The zero-order chi connectivity index (χ0) is 17.5. The lowest BCUT2D eigenvalue weighted by molar-refractivity contribution is -0.150. The number of hydrogen-bond acceptors (Lipinski definition) is 6. The predicted molar refractivity (Wildman–Crippen MR) is 81.6 cm³/mol. The summed E-state index contributed by atoms with van der Waals surface area (Å²) in [5.41, 5.74) is 5.17. The number of hydrogen-bond donors (Lipinski definition) is 3. The number of carbonyl (C=O) groups excluding carboxylic acids is 2. The second kappa shape index (κ2) is 8.83. The molecule has 0 saturated heterocycles. The van der Waals surface area contributed by atoms with Gasteiger partial charge in [0, 0.05) is 0 Å². The Morgan fingerprint density at radius 2 is 1.87 bits per heavy atom. The van der Waals surface area contributed by atoms with Gasteiger partial charge in [0.1, 0.15) is 0 Å². The lowest BCUT2D eigenvalue weighted by Gasteiger charge is -2.34. The van der Waals surface area contributed by atoms with Crippen molar-refractivity contribution in [3.05, 3.63) is 0 Å². The Hall–Kier alpha value is -1.67. The van der Waals surface area contributed by atoms with Crippen molar-refractivity contribution >= 4 is 17.8 Å². The van der Waals surface area contributed by atoms with Crippen LogP contribution in [0.2, 0.25) is 0 Å². The van der Waals surface area contributed by atoms with Crippen LogP contribution in [0.5, 0.6) is 0 Å². The Balaban J connectivity index is 2.60. The Bertz CT molecular complexity index is 434. The third-order valence-electron chi connectivity index (χ3n) is 4.04. The number of carboxylic acids is 1. The fourth-order valence-electron chi connectivity index (χ4n) is 2.60. The van der Waals surface area contributed by atoms with Gasteiger partial charge in [-0.3, -0.25) is 9.59 Å². The van der Waals surface area contributed by atoms with E-state index in [1.807, 2.05) is 6.92 Å². The fraction of sp³-hybridized carbons (Fsp3) is 0.800. The van der Waals surface area contributed by atoms with Gasteiger partial charge in [0.2, 0.25) is 5.91 Å². The molecule has 0 aromatic rings. The van der Waals surface area contributed by atoms with Crippen LogP contribution in [0.1, 0.15) is 45.4 Å². The monoisotopic (exact) mass is 330 g/mol. The van der Waals surface area contributed by atoms with Gasteiger partial charge in [0.05, 0.1) is 31.8 Å². The zero-order valence-corrected chi connectivity index (χ0v) is 13.7. The van der Waals surface area contributed by atoms with Gasteiger partial charge in [-0.2, -0.15) is 0 Å². The standard InChI is InChI=1S/C15H26N2O6/c1-15(6-4-3-5-7-15)23-9-11(14(21)22-2)17-13(20)10(16)8-12(18)19/h10-11H,3-9,16H2,1-2H3,(H,17,20)(H,18,19)/t10-,11-/m0/s1. The van der Waals surface area contributed by atoms with Crippen LogP contribution in [0, 0.1) is 0 Å². The lowest BCUT2D eigenvalue weighted by atomic mass is 9.86. The van der Waals surface area contributed by atoms with Gasteiger partial charge in [-0.15, -0.1) is 0 Å². The number of aliphatic carboxylic acids is 1. The zero-order valence-electron chi connectivity index (χ0n) is 13.7. The molecule has 1 aliphatic carbocycles. The predicted octanol–water partition coefficient (Wildman–Crippen LogP) is 0.186. The van der Waals surface area contributed by atoms with Gasteiger partial charge in [0.25, 0.3) is 0 Å². The minimum atomic E-state index is -1.23. The Morgan fingerprint density at radius 1 is 1.26 bits per heavy atom. The van der Waals surface area contributed by atoms with Crippen molar-refractivity contribution in [2.24, 2.45) is 5.73 Å². The minimum absolute atomic E-state index is 0.0330. The number of carbonyl (C=O) groups is 3. The third kappa shape index (κ3) is 6.54. The normalized spacial score (nSPS) is 19.4. The maximum absolute atomic E-state index is 11.9. The van der Waals surface area contributed by atoms with E-state index in [4.69, 9.17) is 15.6 Å². The highest BCUT2D eigenvalue weighted by atomic mass is 16.5. The number of carboxylic acid groups (broad SMARTS) is 1. The molecule has 0 heterocycles. The summed E-state index contributed by atoms with van der Waals surface area (Å²) in [6.45, 7) is 1.95. The SMILES string of the molecule is COC(=O)[C@H](COC1(C)CCCCC1)NC(=O)[C@@H](N)CC(=O)O. The molecule has 8 heteroatoms. The highest BCUT2D eigenvalue weighted by molar-refractivity contribution is 5.89. The van der Waals surface area contributed by atoms with Gasteiger partial charge in [-0.1, -0.05) is 19.3 Å². The van der Waals surface area contributed by atoms with E-state index in [-0.39, 0.29) is 12.2 Å². The van der Waals surface area contributed by atoms with E-state index >= 15 is 0 Å². The van der Waals surface area contributed by atoms with Crippen LogP contribution >= 0.6 is 0 Å². The number of methoxy groups -OCH3 is 1. The summed E-state index contributed by atoms with van der Waals surface area (Å²) < 4.78 is 10.5. The second-order valence-electron chi connectivity index (χ2n) is 6.11. The van der Waals surface area contributed by atoms with Gasteiger partial charge < -0.3 is 25.6 Å². The van der Waals surface area contributed by atoms with E-state index in [1.165, 1.54) is 13.5 Å². The summed E-state index contributed by atoms with van der Waals surface area (Å²) in [6.07, 6.45) is 4.57. The smallest absolute Gasteiger partial charge is 0.330 e. The van der Waals surface area contributed by atoms with Crippen LogP contribution in [0.25, 0.3) is 0 Å². The van der Waals surface area contributed by atoms with Crippen LogP contribution in [0.4, 0.5) is 0 Å². The molecule has 0 aromatic heterocycles. The van der Waals surface area contributed by atoms with Gasteiger partial charge in [-0.25, -0.2) is 4.79 Å². The molecule has 2 atom stereocenters. The van der Waals surface area contributed by atoms with E-state index in [1.54, 1.807) is 0 Å². The summed E-state index contributed by atoms with van der Waals surface area (Å²) in [7, 11) is 1.21. The molecule has 1 aliphatic rings. The third-order valence-corrected chi connectivity index (χ3v) is 4.04. The largest absolute Gasteiger partial charge is 0.481 e. The molecule has 0 radical (unpaired) electrons. The summed E-state index contributed by atoms with van der Waals surface area (Å²) >= 11 is 0. The molecular weight excluding hydrogens is 304 g/mol. The van der Waals surface area contributed by atoms with Crippen LogP contribution in [0.15, 0.2) is 0 Å². The quantitative estimate of drug-likeness (QED) is 0.542. The van der Waals surface area contributed by atoms with Crippen molar-refractivity contribution in [2.45, 2.75) is 63.1 Å². The molecule has 1 fully saturated rings. The second-order valence-corrected chi connectivity index (χ2v) is 6.11. The molecule has 0 aromatic carbocycles. The van der Waals surface area contributed by atoms with Gasteiger partial charge in [-0.05, 0) is 19.8 Å². The van der Waals surface area contributed by atoms with E-state index in [0.29, 0.717) is 0 Å². The number of amides is 1. The number of ether oxygens (including phenoxy) is 2. The van der Waals surface area contributed by atoms with Crippen molar-refractivity contribution in [2.75, 3.05) is 13.7 Å². The first-order valence-corrected chi connectivity index (χ1v) is 7.77. The number of rotatable bonds is 8. The molecule has 1 saturated carbocycles. The van der Waals surface area contributed by atoms with Crippen LogP contribution < -0.4 is 11.1 Å². The fourth-order valence-corrected chi connectivity index (χ4v) is 2.60. The number of esters is 1. The molecule has 0 bridgehead atoms. The molecule has 4 N–H and O–H groups in total. The topological polar surface area (TPSA) is 128 Å². The van der Waals surface area contributed by atoms with Crippen LogP contribution in [0.3, 0.4) is 0 Å². The molecule has 132 valence electrons. The van der Waals surface area contributed by atoms with Crippen molar-refractivity contribution < 1.29 is 29.0 Å². The molecule has 1 amide bonds. The first-order valence-electron chi connectivity index (χ1n) is 7.77. The summed E-state index contributed by atoms with van der Waals surface area (Å²) in [4.78, 5) is 34.3. The van der Waals surface area contributed by atoms with Crippen molar-refractivity contribution in [3.8, 4) is 0 Å². The van der Waals surface area contributed by atoms with Gasteiger partial charge in [0.15, 0.2) is 6.04 Å². The number of nitrogens with two attached hydrogens (primary N) is 1. The van der Waals surface area contributed by atoms with Crippen molar-refractivity contribution in [1.82, 2.24) is 5.32 Å². The molecule has 8 nitrogen and oxygen atoms in total. The minimum Gasteiger partial charge on any atom is -0.481 e. The lowest BCUT2D eigenvalue weighted by Crippen LogP contribution is -2.52. The van der Waals surface area contributed by atoms with E-state index in [2.05, 4.69) is 10.1 Å². The molecule has 0 spiro atoms. The van der Waals surface area contributed by atoms with E-state index in [0.717, 1.165) is 25.7 Å². The highest BCUT2D eigenvalue weighted by Crippen LogP contribution is 2.31. The summed E-state index contributed by atoms with van der Waals surface area (Å²) in [5, 5.41) is 11.1. The Kier molecular flexibility index (Phi) is 7.44. The van der Waals surface area contributed by atoms with Crippen LogP contribution in [-0.4, -0.2) is 54.4 Å². The average Bonchev–Trinajstić information content (AvgIpc) is 2.50. The Morgan fingerprint density at radius 3 is 2.39 bits per heavy atom. The van der Waals surface area contributed by atoms with Crippen molar-refractivity contribution in [1.29, 1.82) is 0 Å². The molecule has 1 rings (SSSR count). The van der Waals surface area contributed by atoms with Gasteiger partial charge >= 0.3 is 11.9 Å². The number of nitrogens with one attached hydrogen (secondary N) is 1. The molecular formula is C15H26N2O6. The van der Waals surface area contributed by atoms with E-state index in [9.17, 15) is 14.4 Å². The molecule has 23 heavy (non-hydrogen) atoms. The maximum Gasteiger partial charge on any atom is 0.330 e. The molecule has 0 unspecified atom stereocenters. The van der Waals surface area contributed by atoms with Crippen molar-refractivity contribution in [3.63, 3.8) is 0 Å². The molecule has 0 aliphatic heterocycles. The first kappa shape index (κ1) is 19.4. The highest BCUT2D eigenvalue weighted by Gasteiger charge is 2.32. The maximum atomic E-state index is 11.9. The summed E-state index contributed by atoms with van der Waals surface area (Å²) in [6, 6.07) is -2.24.